The minimum atomic E-state index is -3.45. The fourth-order valence-corrected chi connectivity index (χ4v) is 8.53. The average molecular weight is 747 g/mol. The first-order valence-corrected chi connectivity index (χ1v) is 19.7. The molecule has 0 spiro atoms. The molecule has 1 amide bonds. The van der Waals surface area contributed by atoms with Gasteiger partial charge in [-0.15, -0.1) is 0 Å². The molecule has 3 heterocycles. The number of sulfonamides is 1. The first-order chi connectivity index (χ1) is 24.4. The Kier molecular flexibility index (Phi) is 11.5. The van der Waals surface area contributed by atoms with Gasteiger partial charge >= 0.3 is 5.97 Å². The lowest BCUT2D eigenvalue weighted by molar-refractivity contribution is -0.259. The van der Waals surface area contributed by atoms with Crippen LogP contribution < -0.4 is 5.32 Å². The Balaban J connectivity index is 1.27. The number of anilines is 1. The average Bonchev–Trinajstić information content (AvgIpc) is 3.81. The van der Waals surface area contributed by atoms with Crippen LogP contribution in [0.2, 0.25) is 5.02 Å². The Morgan fingerprint density at radius 1 is 1.00 bits per heavy atom. The molecule has 1 N–H and O–H groups in total. The molecule has 6 rings (SSSR count). The van der Waals surface area contributed by atoms with Crippen LogP contribution >= 0.6 is 11.6 Å². The molecule has 1 unspecified atom stereocenters. The van der Waals surface area contributed by atoms with Gasteiger partial charge in [-0.05, 0) is 69.2 Å². The molecule has 0 bridgehead atoms. The maximum atomic E-state index is 15.9. The van der Waals surface area contributed by atoms with Crippen LogP contribution in [0.5, 0.6) is 0 Å². The zero-order valence-electron chi connectivity index (χ0n) is 28.9. The van der Waals surface area contributed by atoms with Crippen molar-refractivity contribution in [2.24, 2.45) is 5.92 Å². The second kappa shape index (κ2) is 15.7. The molecule has 51 heavy (non-hydrogen) atoms. The minimum Gasteiger partial charge on any atom is -0.466 e. The molecular weight excluding hydrogens is 703 g/mol. The van der Waals surface area contributed by atoms with Crippen LogP contribution in [0.3, 0.4) is 0 Å². The summed E-state index contributed by atoms with van der Waals surface area (Å²) in [5.41, 5.74) is 0.867. The first kappa shape index (κ1) is 37.4. The second-order valence-corrected chi connectivity index (χ2v) is 15.8. The predicted molar refractivity (Wildman–Crippen MR) is 189 cm³/mol. The van der Waals surface area contributed by atoms with Gasteiger partial charge in [0.1, 0.15) is 17.7 Å². The Hall–Kier alpha value is -3.40. The van der Waals surface area contributed by atoms with Gasteiger partial charge in [0.05, 0.1) is 41.2 Å². The van der Waals surface area contributed by atoms with E-state index in [-0.39, 0.29) is 72.4 Å². The van der Waals surface area contributed by atoms with Crippen LogP contribution in [0.25, 0.3) is 11.0 Å². The number of hydrogen-bond acceptors (Lipinski definition) is 10. The molecule has 2 saturated heterocycles. The number of nitrogens with one attached hydrogen (secondary N) is 1. The van der Waals surface area contributed by atoms with Gasteiger partial charge in [-0.2, -0.15) is 4.31 Å². The highest BCUT2D eigenvalue weighted by Gasteiger charge is 2.53. The molecule has 1 saturated carbocycles. The van der Waals surface area contributed by atoms with Gasteiger partial charge in [0.2, 0.25) is 15.9 Å². The molecule has 2 aliphatic heterocycles. The standard InChI is InChI=1S/C36H44ClFN4O8S/c1-3-48-35(45)24-10-12-26(13-11-24)50-36(40-14-6-7-15-40,41-16-18-42(19-17-41)51(2,46)47)33(43)21-25-20-29(37)31(22-30(25)38)39-34(44)28-23-49-32-9-5-4-8-27(28)32/h4-5,8-9,20,22-24,26H,3,6-7,10-19,21H2,1-2H3,(H,39,44). The molecule has 3 fully saturated rings. The number of para-hydroxylation sites is 1. The largest absolute Gasteiger partial charge is 0.466 e. The third-order valence-corrected chi connectivity index (χ3v) is 11.7. The minimum absolute atomic E-state index is 0.0322. The van der Waals surface area contributed by atoms with Gasteiger partial charge in [0.25, 0.3) is 5.91 Å². The molecule has 276 valence electrons. The number of Topliss-reactive ketones (excluding diaryl/α,β-unsaturated/α-hetero) is 1. The number of benzene rings is 2. The number of halogens is 2. The number of nitrogens with zero attached hydrogens (tertiary/aromatic N) is 3. The van der Waals surface area contributed by atoms with Crippen LogP contribution in [0.4, 0.5) is 10.1 Å². The Morgan fingerprint density at radius 3 is 2.33 bits per heavy atom. The summed E-state index contributed by atoms with van der Waals surface area (Å²) >= 11 is 6.61. The van der Waals surface area contributed by atoms with E-state index >= 15 is 4.39 Å². The monoisotopic (exact) mass is 746 g/mol. The van der Waals surface area contributed by atoms with Crippen LogP contribution in [-0.4, -0.2) is 104 Å². The number of likely N-dealkylation sites (tertiary alicyclic amines) is 1. The molecule has 12 nitrogen and oxygen atoms in total. The van der Waals surface area contributed by atoms with Crippen molar-refractivity contribution in [3.8, 4) is 0 Å². The van der Waals surface area contributed by atoms with Crippen molar-refractivity contribution in [1.82, 2.24) is 14.1 Å². The molecule has 2 aromatic carbocycles. The predicted octanol–water partition coefficient (Wildman–Crippen LogP) is 5.05. The van der Waals surface area contributed by atoms with Gasteiger partial charge < -0.3 is 19.2 Å². The number of esters is 1. The topological polar surface area (TPSA) is 139 Å². The molecule has 0 radical (unpaired) electrons. The molecular formula is C36H44ClFN4O8S. The number of carbonyl (C=O) groups excluding carboxylic acids is 3. The van der Waals surface area contributed by atoms with Gasteiger partial charge in [-0.3, -0.25) is 24.2 Å². The number of furan rings is 1. The number of piperazine rings is 1. The van der Waals surface area contributed by atoms with Gasteiger partial charge in [0.15, 0.2) is 5.78 Å². The summed E-state index contributed by atoms with van der Waals surface area (Å²) in [5, 5.41) is 3.30. The molecule has 1 aliphatic carbocycles. The number of hydrogen-bond donors (Lipinski definition) is 1. The van der Waals surface area contributed by atoms with Crippen LogP contribution in [0.15, 0.2) is 47.1 Å². The lowest BCUT2D eigenvalue weighted by Gasteiger charge is -2.51. The highest BCUT2D eigenvalue weighted by molar-refractivity contribution is 7.88. The van der Waals surface area contributed by atoms with Gasteiger partial charge in [-0.25, -0.2) is 12.8 Å². The van der Waals surface area contributed by atoms with E-state index in [2.05, 4.69) is 5.32 Å². The number of carbonyl (C=O) groups is 3. The Bertz CT molecular complexity index is 1870. The fourth-order valence-electron chi connectivity index (χ4n) is 7.47. The number of ether oxygens (including phenoxy) is 2. The van der Waals surface area contributed by atoms with E-state index in [9.17, 15) is 22.8 Å². The SMILES string of the molecule is CCOC(=O)C1CCC(OC(C(=O)Cc2cc(Cl)c(NC(=O)c3coc4ccccc34)cc2F)(N2CCCC2)N2CCN(S(C)(=O)=O)CC2)CC1. The summed E-state index contributed by atoms with van der Waals surface area (Å²) in [6.07, 6.45) is 5.54. The number of amides is 1. The third-order valence-electron chi connectivity index (χ3n) is 10.1. The zero-order valence-corrected chi connectivity index (χ0v) is 30.4. The summed E-state index contributed by atoms with van der Waals surface area (Å²) in [6.45, 7) is 3.99. The van der Waals surface area contributed by atoms with E-state index in [1.54, 1.807) is 31.2 Å². The lowest BCUT2D eigenvalue weighted by atomic mass is 9.87. The molecule has 3 aromatic rings. The summed E-state index contributed by atoms with van der Waals surface area (Å²) in [5.74, 6) is -3.75. The molecule has 3 aliphatic rings. The van der Waals surface area contributed by atoms with Crippen LogP contribution in [0, 0.1) is 11.7 Å². The van der Waals surface area contributed by atoms with Crippen molar-refractivity contribution < 1.29 is 41.1 Å². The second-order valence-electron chi connectivity index (χ2n) is 13.4. The smallest absolute Gasteiger partial charge is 0.308 e. The third kappa shape index (κ3) is 8.01. The van der Waals surface area contributed by atoms with Crippen LogP contribution in [0.1, 0.15) is 61.4 Å². The summed E-state index contributed by atoms with van der Waals surface area (Å²) < 4.78 is 59.7. The van der Waals surface area contributed by atoms with E-state index in [0.29, 0.717) is 56.3 Å². The zero-order chi connectivity index (χ0) is 36.3. The Morgan fingerprint density at radius 2 is 1.67 bits per heavy atom. The van der Waals surface area contributed by atoms with E-state index in [4.69, 9.17) is 25.5 Å². The fraction of sp³-hybridized carbons (Fsp3) is 0.528. The van der Waals surface area contributed by atoms with E-state index < -0.39 is 33.4 Å². The van der Waals surface area contributed by atoms with Gasteiger partial charge in [0, 0.05) is 51.1 Å². The number of fused-ring (bicyclic) bond motifs is 1. The Labute approximate surface area is 302 Å². The number of rotatable bonds is 12. The highest BCUT2D eigenvalue weighted by atomic mass is 35.5. The van der Waals surface area contributed by atoms with Crippen molar-refractivity contribution in [3.63, 3.8) is 0 Å². The first-order valence-electron chi connectivity index (χ1n) is 17.5. The van der Waals surface area contributed by atoms with Crippen molar-refractivity contribution >= 4 is 55.9 Å². The van der Waals surface area contributed by atoms with Crippen molar-refractivity contribution in [2.45, 2.75) is 63.8 Å². The summed E-state index contributed by atoms with van der Waals surface area (Å²) in [7, 11) is -3.45. The summed E-state index contributed by atoms with van der Waals surface area (Å²) in [6, 6.07) is 9.49. The normalized spacial score (nSPS) is 22.1. The van der Waals surface area contributed by atoms with Crippen molar-refractivity contribution in [3.05, 3.63) is 64.6 Å². The maximum Gasteiger partial charge on any atom is 0.308 e. The molecule has 15 heteroatoms. The van der Waals surface area contributed by atoms with E-state index in [1.807, 2.05) is 9.80 Å². The number of ketones is 1. The van der Waals surface area contributed by atoms with Gasteiger partial charge in [-0.1, -0.05) is 29.8 Å². The lowest BCUT2D eigenvalue weighted by Crippen LogP contribution is -2.71. The van der Waals surface area contributed by atoms with Crippen molar-refractivity contribution in [2.75, 3.05) is 57.4 Å². The highest BCUT2D eigenvalue weighted by Crippen LogP contribution is 2.37. The van der Waals surface area contributed by atoms with Crippen molar-refractivity contribution in [1.29, 1.82) is 0 Å². The molecule has 1 aromatic heterocycles. The maximum absolute atomic E-state index is 15.9. The van der Waals surface area contributed by atoms with E-state index in [0.717, 1.165) is 25.2 Å². The van der Waals surface area contributed by atoms with E-state index in [1.165, 1.54) is 16.6 Å². The quantitative estimate of drug-likeness (QED) is 0.251. The van der Waals surface area contributed by atoms with Crippen LogP contribution in [-0.2, 0) is 35.5 Å². The molecule has 1 atom stereocenters. The summed E-state index contributed by atoms with van der Waals surface area (Å²) in [4.78, 5) is 44.3.